The van der Waals surface area contributed by atoms with Crippen LogP contribution in [0.1, 0.15) is 5.56 Å². The number of nitrogens with one attached hydrogen (secondary N) is 1. The van der Waals surface area contributed by atoms with Gasteiger partial charge in [-0.25, -0.2) is 0 Å². The highest BCUT2D eigenvalue weighted by atomic mass is 32.2. The second-order valence-corrected chi connectivity index (χ2v) is 12.7. The van der Waals surface area contributed by atoms with E-state index in [1.807, 2.05) is 0 Å². The van der Waals surface area contributed by atoms with Crippen LogP contribution in [0.15, 0.2) is 86.7 Å². The average Bonchev–Trinajstić information content (AvgIpc) is 2.96. The third-order valence-corrected chi connectivity index (χ3v) is 8.47. The first-order chi connectivity index (χ1) is 21.2. The van der Waals surface area contributed by atoms with Crippen molar-refractivity contribution in [3.8, 4) is 17.2 Å². The van der Waals surface area contributed by atoms with Gasteiger partial charge in [-0.1, -0.05) is 0 Å². The number of phenolic OH excluding ortho intramolecular Hbond substituents is 2. The summed E-state index contributed by atoms with van der Waals surface area (Å²) in [5, 5.41) is 42.5. The molecule has 0 aromatic heterocycles. The first-order valence-electron chi connectivity index (χ1n) is 13.0. The number of aromatic hydroxyl groups is 2. The van der Waals surface area contributed by atoms with Gasteiger partial charge < -0.3 is 31.1 Å². The lowest BCUT2D eigenvalue weighted by Crippen LogP contribution is -2.02. The highest BCUT2D eigenvalue weighted by Gasteiger charge is 2.23. The molecule has 16 heteroatoms. The van der Waals surface area contributed by atoms with E-state index in [1.54, 1.807) is 19.1 Å². The zero-order valence-corrected chi connectivity index (χ0v) is 25.0. The summed E-state index contributed by atoms with van der Waals surface area (Å²) in [6, 6.07) is 15.4. The first-order valence-corrected chi connectivity index (χ1v) is 15.9. The number of rotatable bonds is 9. The molecule has 0 amide bonds. The van der Waals surface area contributed by atoms with Crippen LogP contribution in [0.3, 0.4) is 0 Å². The molecule has 0 radical (unpaired) electrons. The molecule has 5 aromatic carbocycles. The number of nitrogen functional groups attached to an aromatic ring is 1. The molecule has 234 valence electrons. The molecule has 5 rings (SSSR count). The SMILES string of the molecule is Cc1cc(N=Nc2c(S(=O)(=O)O)cc3cc(Nc4ccc5c(O)cc(S(=O)(=O)O)cc5c4)ccc3c2O)c(OCCO)cc1N. The molecule has 14 nitrogen and oxygen atoms in total. The Bertz CT molecular complexity index is 2240. The molecule has 0 aliphatic rings. The minimum atomic E-state index is -4.92. The van der Waals surface area contributed by atoms with Gasteiger partial charge in [0.25, 0.3) is 20.2 Å². The van der Waals surface area contributed by atoms with E-state index in [9.17, 15) is 36.2 Å². The summed E-state index contributed by atoms with van der Waals surface area (Å²) in [6.45, 7) is 1.33. The average molecular weight is 655 g/mol. The van der Waals surface area contributed by atoms with E-state index < -0.39 is 41.5 Å². The lowest BCUT2D eigenvalue weighted by Gasteiger charge is -2.13. The van der Waals surface area contributed by atoms with Gasteiger partial charge in [-0.15, -0.1) is 10.2 Å². The zero-order chi connectivity index (χ0) is 32.7. The summed E-state index contributed by atoms with van der Waals surface area (Å²) in [6.07, 6.45) is 0. The number of anilines is 3. The van der Waals surface area contributed by atoms with E-state index in [4.69, 9.17) is 15.6 Å². The number of nitrogens with zero attached hydrogens (tertiary/aromatic N) is 2. The summed E-state index contributed by atoms with van der Waals surface area (Å²) in [5.74, 6) is -0.781. The third kappa shape index (κ3) is 6.59. The molecule has 8 N–H and O–H groups in total. The van der Waals surface area contributed by atoms with Crippen LogP contribution in [-0.4, -0.2) is 54.5 Å². The maximum absolute atomic E-state index is 12.4. The minimum absolute atomic E-state index is 0.0772. The maximum atomic E-state index is 12.4. The van der Waals surface area contributed by atoms with Crippen molar-refractivity contribution in [3.05, 3.63) is 72.3 Å². The van der Waals surface area contributed by atoms with Crippen molar-refractivity contribution in [2.24, 2.45) is 10.2 Å². The molecule has 0 spiro atoms. The molecular weight excluding hydrogens is 628 g/mol. The number of nitrogens with two attached hydrogens (primary N) is 1. The van der Waals surface area contributed by atoms with Crippen LogP contribution in [0.5, 0.6) is 17.2 Å². The summed E-state index contributed by atoms with van der Waals surface area (Å²) < 4.78 is 72.8. The molecule has 45 heavy (non-hydrogen) atoms. The summed E-state index contributed by atoms with van der Waals surface area (Å²) >= 11 is 0. The topological polar surface area (TPSA) is 241 Å². The molecule has 0 saturated carbocycles. The van der Waals surface area contributed by atoms with Gasteiger partial charge in [0.2, 0.25) is 0 Å². The van der Waals surface area contributed by atoms with Crippen molar-refractivity contribution in [1.29, 1.82) is 0 Å². The number of hydrogen-bond acceptors (Lipinski definition) is 12. The van der Waals surface area contributed by atoms with Crippen LogP contribution in [0.25, 0.3) is 21.5 Å². The minimum Gasteiger partial charge on any atom is -0.507 e. The molecule has 5 aromatic rings. The van der Waals surface area contributed by atoms with Crippen molar-refractivity contribution in [3.63, 3.8) is 0 Å². The number of aryl methyl sites for hydroxylation is 1. The van der Waals surface area contributed by atoms with Gasteiger partial charge in [0.15, 0.2) is 5.75 Å². The lowest BCUT2D eigenvalue weighted by atomic mass is 10.1. The quantitative estimate of drug-likeness (QED) is 0.0607. The van der Waals surface area contributed by atoms with Crippen molar-refractivity contribution < 1.29 is 46.0 Å². The summed E-state index contributed by atoms with van der Waals surface area (Å²) in [7, 11) is -9.49. The second-order valence-electron chi connectivity index (χ2n) is 9.91. The lowest BCUT2D eigenvalue weighted by molar-refractivity contribution is 0.202. The van der Waals surface area contributed by atoms with Gasteiger partial charge in [0.05, 0.1) is 11.5 Å². The molecule has 0 saturated heterocycles. The van der Waals surface area contributed by atoms with Crippen molar-refractivity contribution in [2.45, 2.75) is 16.7 Å². The van der Waals surface area contributed by atoms with Gasteiger partial charge in [-0.2, -0.15) is 16.8 Å². The Morgan fingerprint density at radius 1 is 0.822 bits per heavy atom. The summed E-state index contributed by atoms with van der Waals surface area (Å²) in [5.41, 5.74) is 7.38. The molecule has 0 bridgehead atoms. The van der Waals surface area contributed by atoms with Gasteiger partial charge in [-0.3, -0.25) is 9.11 Å². The normalized spacial score (nSPS) is 12.3. The highest BCUT2D eigenvalue weighted by Crippen LogP contribution is 2.43. The van der Waals surface area contributed by atoms with Gasteiger partial charge in [-0.05, 0) is 77.9 Å². The third-order valence-electron chi connectivity index (χ3n) is 6.77. The first kappa shape index (κ1) is 31.4. The Morgan fingerprint density at radius 2 is 1.47 bits per heavy atom. The van der Waals surface area contributed by atoms with E-state index >= 15 is 0 Å². The fraction of sp³-hybridized carbons (Fsp3) is 0.103. The number of phenols is 2. The van der Waals surface area contributed by atoms with Crippen LogP contribution < -0.4 is 15.8 Å². The van der Waals surface area contributed by atoms with Gasteiger partial charge in [0, 0.05) is 40.0 Å². The smallest absolute Gasteiger partial charge is 0.296 e. The van der Waals surface area contributed by atoms with Crippen LogP contribution in [-0.2, 0) is 20.2 Å². The highest BCUT2D eigenvalue weighted by molar-refractivity contribution is 7.86. The van der Waals surface area contributed by atoms with Crippen LogP contribution in [0.2, 0.25) is 0 Å². The van der Waals surface area contributed by atoms with E-state index in [-0.39, 0.29) is 41.2 Å². The molecule has 0 heterocycles. The monoisotopic (exact) mass is 654 g/mol. The second kappa shape index (κ2) is 11.8. The van der Waals surface area contributed by atoms with Crippen LogP contribution in [0, 0.1) is 6.92 Å². The van der Waals surface area contributed by atoms with Gasteiger partial charge in [0.1, 0.15) is 34.4 Å². The number of aliphatic hydroxyl groups is 1. The maximum Gasteiger partial charge on any atom is 0.296 e. The number of ether oxygens (including phenoxy) is 1. The largest absolute Gasteiger partial charge is 0.507 e. The Morgan fingerprint density at radius 3 is 2.09 bits per heavy atom. The number of hydrogen-bond donors (Lipinski definition) is 7. The van der Waals surface area contributed by atoms with E-state index in [1.165, 1.54) is 42.5 Å². The van der Waals surface area contributed by atoms with E-state index in [0.717, 1.165) is 12.1 Å². The summed E-state index contributed by atoms with van der Waals surface area (Å²) in [4.78, 5) is -1.21. The molecular formula is C29H26N4O10S2. The number of fused-ring (bicyclic) bond motifs is 2. The zero-order valence-electron chi connectivity index (χ0n) is 23.3. The Kier molecular flexibility index (Phi) is 8.26. The predicted molar refractivity (Wildman–Crippen MR) is 166 cm³/mol. The molecule has 0 atom stereocenters. The molecule has 0 unspecified atom stereocenters. The number of azo groups is 1. The van der Waals surface area contributed by atoms with Crippen molar-refractivity contribution in [1.82, 2.24) is 0 Å². The standard InChI is InChI=1S/C29H26N4O10S2/c1-15-8-24(26(14-23(15)30)43-7-6-34)32-33-28-27(45(40,41)42)12-17-10-19(3-5-22(17)29(28)36)31-18-2-4-21-16(9-18)11-20(13-25(21)35)44(37,38)39/h2-5,8-14,31,34-36H,6-7,30H2,1H3,(H,37,38,39)(H,40,41,42). The van der Waals surface area contributed by atoms with Crippen molar-refractivity contribution in [2.75, 3.05) is 24.3 Å². The fourth-order valence-electron chi connectivity index (χ4n) is 4.58. The molecule has 0 aliphatic carbocycles. The number of benzene rings is 5. The van der Waals surface area contributed by atoms with E-state index in [2.05, 4.69) is 15.5 Å². The van der Waals surface area contributed by atoms with Crippen molar-refractivity contribution >= 4 is 70.2 Å². The predicted octanol–water partition coefficient (Wildman–Crippen LogP) is 5.32. The molecule has 0 aliphatic heterocycles. The molecule has 0 fully saturated rings. The Hall–Kier alpha value is -5.00. The number of aliphatic hydroxyl groups excluding tert-OH is 1. The fourth-order valence-corrected chi connectivity index (χ4v) is 5.77. The van der Waals surface area contributed by atoms with Gasteiger partial charge >= 0.3 is 0 Å². The van der Waals surface area contributed by atoms with Crippen LogP contribution in [0.4, 0.5) is 28.4 Å². The van der Waals surface area contributed by atoms with Crippen LogP contribution >= 0.6 is 0 Å². The Balaban J connectivity index is 1.56. The van der Waals surface area contributed by atoms with E-state index in [0.29, 0.717) is 33.4 Å². The Labute approximate surface area is 256 Å².